The van der Waals surface area contributed by atoms with E-state index in [1.54, 1.807) is 0 Å². The zero-order chi connectivity index (χ0) is 14.0. The molecule has 0 bridgehead atoms. The van der Waals surface area contributed by atoms with Crippen LogP contribution in [-0.2, 0) is 0 Å². The number of aromatic hydroxyl groups is 2. The molecule has 0 radical (unpaired) electrons. The van der Waals surface area contributed by atoms with E-state index in [0.29, 0.717) is 0 Å². The van der Waals surface area contributed by atoms with Crippen LogP contribution in [0.2, 0.25) is 0 Å². The summed E-state index contributed by atoms with van der Waals surface area (Å²) in [7, 11) is 0. The molecule has 2 aromatic rings. The van der Waals surface area contributed by atoms with Crippen LogP contribution in [0.4, 0.5) is 5.69 Å². The van der Waals surface area contributed by atoms with E-state index in [4.69, 9.17) is 10.6 Å². The van der Waals surface area contributed by atoms with E-state index in [0.717, 1.165) is 4.57 Å². The van der Waals surface area contributed by atoms with E-state index in [1.807, 2.05) is 0 Å². The molecule has 8 heteroatoms. The molecule has 0 saturated heterocycles. The Balaban J connectivity index is 2.81. The molecule has 0 aliphatic heterocycles. The Morgan fingerprint density at radius 3 is 2.37 bits per heavy atom. The summed E-state index contributed by atoms with van der Waals surface area (Å²) in [4.78, 5) is 13.6. The van der Waals surface area contributed by atoms with E-state index in [9.17, 15) is 15.0 Å². The van der Waals surface area contributed by atoms with Gasteiger partial charge in [-0.25, -0.2) is 4.79 Å². The van der Waals surface area contributed by atoms with Gasteiger partial charge >= 0.3 is 5.97 Å². The lowest BCUT2D eigenvalue weighted by atomic mass is 10.1. The first-order valence-electron chi connectivity index (χ1n) is 5.07. The first-order chi connectivity index (χ1) is 9.06. The maximum Gasteiger partial charge on any atom is 0.336 e. The van der Waals surface area contributed by atoms with Crippen LogP contribution < -0.4 is 0 Å². The van der Waals surface area contributed by atoms with Gasteiger partial charge in [-0.05, 0) is 17.7 Å². The Morgan fingerprint density at radius 2 is 1.84 bits per heavy atom. The molecule has 0 unspecified atom stereocenters. The molecule has 96 valence electrons. The molecule has 0 aliphatic rings. The third kappa shape index (κ3) is 2.03. The number of hydrogen-bond donors (Lipinski definition) is 3. The molecule has 0 spiro atoms. The zero-order valence-electron chi connectivity index (χ0n) is 9.43. The summed E-state index contributed by atoms with van der Waals surface area (Å²) in [6.45, 7) is 0. The average molecular weight is 260 g/mol. The van der Waals surface area contributed by atoms with Crippen molar-refractivity contribution in [3.63, 3.8) is 0 Å². The van der Waals surface area contributed by atoms with Gasteiger partial charge in [-0.15, -0.1) is 0 Å². The number of benzene rings is 1. The highest BCUT2D eigenvalue weighted by Gasteiger charge is 2.17. The lowest BCUT2D eigenvalue weighted by Crippen LogP contribution is -2.01. The fraction of sp³-hybridized carbons (Fsp3) is 0. The van der Waals surface area contributed by atoms with Crippen LogP contribution in [0.1, 0.15) is 10.4 Å². The summed E-state index contributed by atoms with van der Waals surface area (Å²) in [6, 6.07) is 6.53. The molecule has 1 aromatic heterocycles. The number of azide groups is 1. The van der Waals surface area contributed by atoms with Gasteiger partial charge in [0, 0.05) is 17.0 Å². The van der Waals surface area contributed by atoms with Crippen LogP contribution in [0.15, 0.2) is 35.4 Å². The number of nitrogens with zero attached hydrogens (tertiary/aromatic N) is 4. The SMILES string of the molecule is [N-]=[N+]=Nc1c(C(=O)O)cccc1-n1c(O)ccc1O. The maximum absolute atomic E-state index is 11.1. The largest absolute Gasteiger partial charge is 0.494 e. The molecule has 0 amide bonds. The smallest absolute Gasteiger partial charge is 0.336 e. The predicted molar refractivity (Wildman–Crippen MR) is 64.9 cm³/mol. The second-order valence-electron chi connectivity index (χ2n) is 3.55. The number of carbonyl (C=O) groups is 1. The van der Waals surface area contributed by atoms with Gasteiger partial charge in [-0.3, -0.25) is 4.57 Å². The van der Waals surface area contributed by atoms with Crippen molar-refractivity contribution in [3.05, 3.63) is 46.3 Å². The maximum atomic E-state index is 11.1. The van der Waals surface area contributed by atoms with Gasteiger partial charge in [0.1, 0.15) is 0 Å². The van der Waals surface area contributed by atoms with E-state index >= 15 is 0 Å². The van der Waals surface area contributed by atoms with Crippen molar-refractivity contribution in [2.24, 2.45) is 5.11 Å². The predicted octanol–water partition coefficient (Wildman–Crippen LogP) is 2.53. The van der Waals surface area contributed by atoms with Crippen LogP contribution in [0.3, 0.4) is 0 Å². The summed E-state index contributed by atoms with van der Waals surface area (Å²) >= 11 is 0. The van der Waals surface area contributed by atoms with Crippen LogP contribution in [0.25, 0.3) is 16.1 Å². The molecule has 1 aromatic carbocycles. The number of hydrogen-bond acceptors (Lipinski definition) is 4. The first-order valence-corrected chi connectivity index (χ1v) is 5.07. The van der Waals surface area contributed by atoms with Crippen molar-refractivity contribution in [2.75, 3.05) is 0 Å². The summed E-state index contributed by atoms with van der Waals surface area (Å²) in [5.74, 6) is -1.90. The summed E-state index contributed by atoms with van der Waals surface area (Å²) in [6.07, 6.45) is 0. The third-order valence-electron chi connectivity index (χ3n) is 2.47. The van der Waals surface area contributed by atoms with E-state index in [-0.39, 0.29) is 28.7 Å². The average Bonchev–Trinajstić information content (AvgIpc) is 2.70. The van der Waals surface area contributed by atoms with Crippen molar-refractivity contribution in [2.45, 2.75) is 0 Å². The Bertz CT molecular complexity index is 681. The van der Waals surface area contributed by atoms with Crippen molar-refractivity contribution in [1.29, 1.82) is 0 Å². The summed E-state index contributed by atoms with van der Waals surface area (Å²) < 4.78 is 0.969. The van der Waals surface area contributed by atoms with Crippen LogP contribution in [0, 0.1) is 0 Å². The molecule has 0 atom stereocenters. The molecule has 0 aliphatic carbocycles. The van der Waals surface area contributed by atoms with Gasteiger partial charge in [-0.2, -0.15) is 0 Å². The number of aromatic carboxylic acids is 1. The Hall–Kier alpha value is -3.12. The monoisotopic (exact) mass is 260 g/mol. The lowest BCUT2D eigenvalue weighted by molar-refractivity contribution is 0.0697. The molecule has 19 heavy (non-hydrogen) atoms. The highest BCUT2D eigenvalue weighted by Crippen LogP contribution is 2.35. The van der Waals surface area contributed by atoms with Crippen LogP contribution >= 0.6 is 0 Å². The lowest BCUT2D eigenvalue weighted by Gasteiger charge is -2.11. The molecular formula is C11H8N4O4. The minimum absolute atomic E-state index is 0.0673. The van der Waals surface area contributed by atoms with Gasteiger partial charge in [0.05, 0.1) is 16.9 Å². The number of aromatic nitrogens is 1. The molecule has 0 saturated carbocycles. The number of carboxylic acids is 1. The summed E-state index contributed by atoms with van der Waals surface area (Å²) in [5.41, 5.74) is 8.16. The second-order valence-corrected chi connectivity index (χ2v) is 3.55. The molecular weight excluding hydrogens is 252 g/mol. The third-order valence-corrected chi connectivity index (χ3v) is 2.47. The Morgan fingerprint density at radius 1 is 1.21 bits per heavy atom. The number of rotatable bonds is 3. The minimum Gasteiger partial charge on any atom is -0.494 e. The molecule has 0 fully saturated rings. The second kappa shape index (κ2) is 4.63. The summed E-state index contributed by atoms with van der Waals surface area (Å²) in [5, 5.41) is 31.6. The van der Waals surface area contributed by atoms with Gasteiger partial charge < -0.3 is 15.3 Å². The van der Waals surface area contributed by atoms with E-state index in [2.05, 4.69) is 10.0 Å². The van der Waals surface area contributed by atoms with E-state index in [1.165, 1.54) is 30.3 Å². The fourth-order valence-electron chi connectivity index (χ4n) is 1.70. The quantitative estimate of drug-likeness (QED) is 0.444. The normalized spacial score (nSPS) is 9.89. The standard InChI is InChI=1S/C11H8N4O4/c12-14-13-10-6(11(18)19)2-1-3-7(10)15-8(16)4-5-9(15)17/h1-5,16-17H,(H,18,19). The van der Waals surface area contributed by atoms with Gasteiger partial charge in [0.25, 0.3) is 0 Å². The first kappa shape index (κ1) is 12.3. The number of carboxylic acid groups (broad SMARTS) is 1. The Kier molecular flexibility index (Phi) is 3.01. The topological polar surface area (TPSA) is 131 Å². The molecule has 8 nitrogen and oxygen atoms in total. The van der Waals surface area contributed by atoms with Crippen molar-refractivity contribution >= 4 is 11.7 Å². The van der Waals surface area contributed by atoms with Crippen LogP contribution in [0.5, 0.6) is 11.8 Å². The highest BCUT2D eigenvalue weighted by atomic mass is 16.4. The van der Waals surface area contributed by atoms with Crippen molar-refractivity contribution in [1.82, 2.24) is 4.57 Å². The molecule has 1 heterocycles. The molecule has 3 N–H and O–H groups in total. The van der Waals surface area contributed by atoms with Crippen molar-refractivity contribution < 1.29 is 20.1 Å². The minimum atomic E-state index is -1.28. The van der Waals surface area contributed by atoms with Gasteiger partial charge in [0.15, 0.2) is 11.8 Å². The van der Waals surface area contributed by atoms with Gasteiger partial charge in [0.2, 0.25) is 0 Å². The zero-order valence-corrected chi connectivity index (χ0v) is 9.43. The Labute approximate surface area is 106 Å². The van der Waals surface area contributed by atoms with Crippen molar-refractivity contribution in [3.8, 4) is 17.4 Å². The van der Waals surface area contributed by atoms with Crippen LogP contribution in [-0.4, -0.2) is 25.9 Å². The van der Waals surface area contributed by atoms with E-state index < -0.39 is 5.97 Å². The molecule has 2 rings (SSSR count). The fourth-order valence-corrected chi connectivity index (χ4v) is 1.70. The van der Waals surface area contributed by atoms with Gasteiger partial charge in [-0.1, -0.05) is 11.2 Å². The highest BCUT2D eigenvalue weighted by molar-refractivity contribution is 5.95.